The van der Waals surface area contributed by atoms with E-state index in [1.165, 1.54) is 0 Å². The van der Waals surface area contributed by atoms with Crippen LogP contribution in [0.15, 0.2) is 59.1 Å². The van der Waals surface area contributed by atoms with E-state index in [2.05, 4.69) is 25.9 Å². The molecule has 1 heterocycles. The minimum atomic E-state index is 0.423. The van der Waals surface area contributed by atoms with E-state index in [0.29, 0.717) is 11.0 Å². The minimum Gasteiger partial charge on any atom is -0.425 e. The van der Waals surface area contributed by atoms with Gasteiger partial charge in [0.05, 0.1) is 16.1 Å². The molecule has 0 aliphatic heterocycles. The number of para-hydroxylation sites is 1. The second kappa shape index (κ2) is 5.30. The summed E-state index contributed by atoms with van der Waals surface area (Å²) in [5.74, 6) is 0.736. The molecule has 0 aliphatic carbocycles. The van der Waals surface area contributed by atoms with E-state index in [1.807, 2.05) is 54.6 Å². The fourth-order valence-electron chi connectivity index (χ4n) is 2.47. The quantitative estimate of drug-likeness (QED) is 0.473. The third-order valence-electron chi connectivity index (χ3n) is 3.47. The van der Waals surface area contributed by atoms with Crippen LogP contribution in [0.3, 0.4) is 0 Å². The van der Waals surface area contributed by atoms with Crippen LogP contribution in [-0.4, -0.2) is 9.97 Å². The molecule has 3 aromatic carbocycles. The summed E-state index contributed by atoms with van der Waals surface area (Å²) in [5.41, 5.74) is 1.56. The van der Waals surface area contributed by atoms with E-state index in [-0.39, 0.29) is 0 Å². The third kappa shape index (κ3) is 2.25. The van der Waals surface area contributed by atoms with Gasteiger partial charge in [-0.1, -0.05) is 57.9 Å². The van der Waals surface area contributed by atoms with Crippen LogP contribution in [0.1, 0.15) is 0 Å². The van der Waals surface area contributed by atoms with Gasteiger partial charge < -0.3 is 9.72 Å². The molecular formula is C17H10BrClN2O. The summed E-state index contributed by atoms with van der Waals surface area (Å²) in [5, 5.41) is 2.73. The van der Waals surface area contributed by atoms with Gasteiger partial charge in [-0.15, -0.1) is 0 Å². The molecule has 22 heavy (non-hydrogen) atoms. The van der Waals surface area contributed by atoms with Crippen LogP contribution in [0.4, 0.5) is 0 Å². The maximum absolute atomic E-state index is 6.16. The molecule has 4 rings (SSSR count). The maximum Gasteiger partial charge on any atom is 0.300 e. The summed E-state index contributed by atoms with van der Waals surface area (Å²) in [6.45, 7) is 0. The van der Waals surface area contributed by atoms with Crippen molar-refractivity contribution in [2.45, 2.75) is 0 Å². The summed E-state index contributed by atoms with van der Waals surface area (Å²) in [4.78, 5) is 7.54. The molecule has 0 saturated carbocycles. The molecule has 108 valence electrons. The fourth-order valence-corrected chi connectivity index (χ4v) is 3.27. The molecule has 0 aliphatic rings. The Kier molecular flexibility index (Phi) is 3.28. The Morgan fingerprint density at radius 2 is 1.77 bits per heavy atom. The third-order valence-corrected chi connectivity index (χ3v) is 4.44. The van der Waals surface area contributed by atoms with Crippen molar-refractivity contribution >= 4 is 49.3 Å². The SMILES string of the molecule is Clc1cccc2nc(Oc3cccc4cccc(Br)c34)[nH]c12. The Morgan fingerprint density at radius 3 is 2.59 bits per heavy atom. The first-order valence-corrected chi connectivity index (χ1v) is 7.89. The molecule has 3 nitrogen and oxygen atoms in total. The zero-order chi connectivity index (χ0) is 15.1. The Bertz CT molecular complexity index is 991. The molecule has 0 fully saturated rings. The van der Waals surface area contributed by atoms with Gasteiger partial charge in [0.1, 0.15) is 5.75 Å². The Morgan fingerprint density at radius 1 is 1.00 bits per heavy atom. The van der Waals surface area contributed by atoms with Gasteiger partial charge in [0, 0.05) is 9.86 Å². The average Bonchev–Trinajstić information content (AvgIpc) is 2.92. The standard InChI is InChI=1S/C17H10BrClN2O/c18-11-6-1-4-10-5-2-9-14(15(10)11)22-17-20-13-8-3-7-12(19)16(13)21-17/h1-9H,(H,20,21). The first-order valence-electron chi connectivity index (χ1n) is 6.72. The monoisotopic (exact) mass is 372 g/mol. The number of H-pyrrole nitrogens is 1. The van der Waals surface area contributed by atoms with E-state index < -0.39 is 0 Å². The predicted octanol–water partition coefficient (Wildman–Crippen LogP) is 5.92. The number of imidazole rings is 1. The number of nitrogens with zero attached hydrogens (tertiary/aromatic N) is 1. The lowest BCUT2D eigenvalue weighted by Crippen LogP contribution is -1.88. The van der Waals surface area contributed by atoms with Crippen LogP contribution in [0, 0.1) is 0 Å². The number of ether oxygens (including phenoxy) is 1. The lowest BCUT2D eigenvalue weighted by atomic mass is 10.1. The predicted molar refractivity (Wildman–Crippen MR) is 92.8 cm³/mol. The number of rotatable bonds is 2. The Labute approximate surface area is 140 Å². The normalized spacial score (nSPS) is 11.2. The molecule has 0 radical (unpaired) electrons. The largest absolute Gasteiger partial charge is 0.425 e. The molecule has 5 heteroatoms. The molecule has 0 saturated heterocycles. The van der Waals surface area contributed by atoms with Crippen LogP contribution < -0.4 is 4.74 Å². The summed E-state index contributed by atoms with van der Waals surface area (Å²) >= 11 is 9.73. The van der Waals surface area contributed by atoms with Gasteiger partial charge >= 0.3 is 0 Å². The van der Waals surface area contributed by atoms with Crippen molar-refractivity contribution in [1.82, 2.24) is 9.97 Å². The number of halogens is 2. The van der Waals surface area contributed by atoms with E-state index in [1.54, 1.807) is 0 Å². The highest BCUT2D eigenvalue weighted by atomic mass is 79.9. The smallest absolute Gasteiger partial charge is 0.300 e. The van der Waals surface area contributed by atoms with Gasteiger partial charge in [0.25, 0.3) is 6.01 Å². The highest BCUT2D eigenvalue weighted by molar-refractivity contribution is 9.10. The van der Waals surface area contributed by atoms with Gasteiger partial charge in [-0.05, 0) is 29.7 Å². The summed E-state index contributed by atoms with van der Waals surface area (Å²) < 4.78 is 6.94. The number of nitrogens with one attached hydrogen (secondary N) is 1. The number of hydrogen-bond donors (Lipinski definition) is 1. The topological polar surface area (TPSA) is 37.9 Å². The molecule has 4 aromatic rings. The van der Waals surface area contributed by atoms with Crippen molar-refractivity contribution in [3.63, 3.8) is 0 Å². The van der Waals surface area contributed by atoms with Gasteiger partial charge in [-0.3, -0.25) is 0 Å². The fraction of sp³-hybridized carbons (Fsp3) is 0. The number of aromatic amines is 1. The van der Waals surface area contributed by atoms with Gasteiger partial charge in [0.2, 0.25) is 0 Å². The van der Waals surface area contributed by atoms with Crippen molar-refractivity contribution in [2.24, 2.45) is 0 Å². The van der Waals surface area contributed by atoms with Crippen LogP contribution >= 0.6 is 27.5 Å². The van der Waals surface area contributed by atoms with Crippen molar-refractivity contribution in [3.8, 4) is 11.8 Å². The second-order valence-electron chi connectivity index (χ2n) is 4.87. The van der Waals surface area contributed by atoms with Crippen LogP contribution in [0.2, 0.25) is 5.02 Å². The Hall–Kier alpha value is -2.04. The lowest BCUT2D eigenvalue weighted by molar-refractivity contribution is 0.454. The number of hydrogen-bond acceptors (Lipinski definition) is 2. The second-order valence-corrected chi connectivity index (χ2v) is 6.13. The zero-order valence-electron chi connectivity index (χ0n) is 11.3. The molecule has 0 unspecified atom stereocenters. The first-order chi connectivity index (χ1) is 10.7. The number of fused-ring (bicyclic) bond motifs is 2. The van der Waals surface area contributed by atoms with Crippen molar-refractivity contribution in [3.05, 3.63) is 64.1 Å². The molecule has 0 atom stereocenters. The van der Waals surface area contributed by atoms with E-state index in [9.17, 15) is 0 Å². The number of aromatic nitrogens is 2. The van der Waals surface area contributed by atoms with Gasteiger partial charge in [-0.2, -0.15) is 4.98 Å². The van der Waals surface area contributed by atoms with Gasteiger partial charge in [-0.25, -0.2) is 0 Å². The lowest BCUT2D eigenvalue weighted by Gasteiger charge is -2.07. The highest BCUT2D eigenvalue weighted by Gasteiger charge is 2.11. The summed E-state index contributed by atoms with van der Waals surface area (Å²) in [7, 11) is 0. The minimum absolute atomic E-state index is 0.423. The van der Waals surface area contributed by atoms with E-state index >= 15 is 0 Å². The average molecular weight is 374 g/mol. The van der Waals surface area contributed by atoms with Gasteiger partial charge in [0.15, 0.2) is 0 Å². The zero-order valence-corrected chi connectivity index (χ0v) is 13.6. The van der Waals surface area contributed by atoms with Crippen molar-refractivity contribution in [1.29, 1.82) is 0 Å². The van der Waals surface area contributed by atoms with Crippen molar-refractivity contribution < 1.29 is 4.74 Å². The van der Waals surface area contributed by atoms with Crippen LogP contribution in [0.5, 0.6) is 11.8 Å². The molecule has 0 spiro atoms. The van der Waals surface area contributed by atoms with E-state index in [0.717, 1.165) is 32.0 Å². The highest BCUT2D eigenvalue weighted by Crippen LogP contribution is 2.35. The molecule has 1 N–H and O–H groups in total. The number of benzene rings is 3. The Balaban J connectivity index is 1.84. The molecule has 0 bridgehead atoms. The molecule has 0 amide bonds. The van der Waals surface area contributed by atoms with E-state index in [4.69, 9.17) is 16.3 Å². The summed E-state index contributed by atoms with van der Waals surface area (Å²) in [6, 6.07) is 18.0. The molecular weight excluding hydrogens is 364 g/mol. The van der Waals surface area contributed by atoms with Crippen LogP contribution in [-0.2, 0) is 0 Å². The molecule has 1 aromatic heterocycles. The first kappa shape index (κ1) is 13.6. The summed E-state index contributed by atoms with van der Waals surface area (Å²) in [6.07, 6.45) is 0. The maximum atomic E-state index is 6.16. The van der Waals surface area contributed by atoms with Crippen molar-refractivity contribution in [2.75, 3.05) is 0 Å². The van der Waals surface area contributed by atoms with Crippen LogP contribution in [0.25, 0.3) is 21.8 Å².